The van der Waals surface area contributed by atoms with Crippen molar-refractivity contribution in [2.24, 2.45) is 11.7 Å². The van der Waals surface area contributed by atoms with E-state index < -0.39 is 6.04 Å². The monoisotopic (exact) mass is 332 g/mol. The van der Waals surface area contributed by atoms with Crippen molar-refractivity contribution in [2.75, 3.05) is 0 Å². The van der Waals surface area contributed by atoms with Crippen molar-refractivity contribution in [3.63, 3.8) is 0 Å². The molecule has 0 heterocycles. The van der Waals surface area contributed by atoms with Crippen LogP contribution < -0.4 is 11.1 Å². The molecular weight excluding hydrogens is 315 g/mol. The largest absolute Gasteiger partial charge is 0.351 e. The first-order valence-corrected chi connectivity index (χ1v) is 6.37. The molecule has 0 saturated carbocycles. The molecule has 16 heavy (non-hydrogen) atoms. The highest BCUT2D eigenvalue weighted by atomic mass is 127. The summed E-state index contributed by atoms with van der Waals surface area (Å²) in [5.41, 5.74) is 6.87. The van der Waals surface area contributed by atoms with Gasteiger partial charge in [0.1, 0.15) is 0 Å². The number of carbonyl (C=O) groups is 1. The number of nitrogens with one attached hydrogen (secondary N) is 1. The maximum absolute atomic E-state index is 11.6. The molecule has 4 heteroatoms. The van der Waals surface area contributed by atoms with Crippen molar-refractivity contribution in [3.05, 3.63) is 33.4 Å². The van der Waals surface area contributed by atoms with Crippen molar-refractivity contribution < 1.29 is 4.79 Å². The molecule has 3 N–H and O–H groups in total. The molecule has 1 aromatic rings. The van der Waals surface area contributed by atoms with Gasteiger partial charge in [-0.25, -0.2) is 0 Å². The Balaban J connectivity index is 2.52. The van der Waals surface area contributed by atoms with Gasteiger partial charge in [-0.2, -0.15) is 0 Å². The van der Waals surface area contributed by atoms with Gasteiger partial charge in [0.15, 0.2) is 0 Å². The molecule has 1 atom stereocenters. The number of hydrogen-bond acceptors (Lipinski definition) is 2. The minimum Gasteiger partial charge on any atom is -0.351 e. The number of hydrogen-bond donors (Lipinski definition) is 2. The first kappa shape index (κ1) is 13.4. The van der Waals surface area contributed by atoms with E-state index in [0.29, 0.717) is 6.54 Å². The normalized spacial score (nSPS) is 12.6. The van der Waals surface area contributed by atoms with E-state index in [1.165, 1.54) is 0 Å². The maximum atomic E-state index is 11.6. The number of halogens is 1. The lowest BCUT2D eigenvalue weighted by Gasteiger charge is -2.15. The second kappa shape index (κ2) is 6.20. The van der Waals surface area contributed by atoms with Crippen molar-refractivity contribution in [1.29, 1.82) is 0 Å². The molecule has 88 valence electrons. The van der Waals surface area contributed by atoms with Crippen LogP contribution in [0.5, 0.6) is 0 Å². The van der Waals surface area contributed by atoms with Gasteiger partial charge in [0, 0.05) is 10.1 Å². The van der Waals surface area contributed by atoms with Gasteiger partial charge in [-0.3, -0.25) is 4.79 Å². The molecule has 0 fully saturated rings. The topological polar surface area (TPSA) is 55.1 Å². The molecule has 0 aromatic heterocycles. The van der Waals surface area contributed by atoms with Gasteiger partial charge in [0.25, 0.3) is 0 Å². The third-order valence-corrected chi connectivity index (χ3v) is 3.48. The quantitative estimate of drug-likeness (QED) is 0.828. The lowest BCUT2D eigenvalue weighted by atomic mass is 10.0. The molecule has 0 aliphatic rings. The van der Waals surface area contributed by atoms with Crippen molar-refractivity contribution in [3.8, 4) is 0 Å². The molecule has 0 aliphatic carbocycles. The molecule has 1 aromatic carbocycles. The summed E-state index contributed by atoms with van der Waals surface area (Å²) in [7, 11) is 0. The molecule has 0 spiro atoms. The fourth-order valence-electron chi connectivity index (χ4n) is 1.24. The molecule has 0 aliphatic heterocycles. The number of nitrogens with two attached hydrogens (primary N) is 1. The molecular formula is C12H17IN2O. The molecule has 0 unspecified atom stereocenters. The second-order valence-electron chi connectivity index (χ2n) is 4.08. The van der Waals surface area contributed by atoms with Crippen molar-refractivity contribution >= 4 is 28.5 Å². The molecule has 0 saturated heterocycles. The van der Waals surface area contributed by atoms with Gasteiger partial charge in [0.05, 0.1) is 6.04 Å². The first-order valence-electron chi connectivity index (χ1n) is 5.29. The van der Waals surface area contributed by atoms with E-state index in [9.17, 15) is 4.79 Å². The third kappa shape index (κ3) is 3.75. The average Bonchev–Trinajstić information content (AvgIpc) is 2.26. The highest BCUT2D eigenvalue weighted by molar-refractivity contribution is 14.1. The summed E-state index contributed by atoms with van der Waals surface area (Å²) >= 11 is 2.26. The Hall–Kier alpha value is -0.620. The Kier molecular flexibility index (Phi) is 5.21. The highest BCUT2D eigenvalue weighted by Gasteiger charge is 2.16. The predicted octanol–water partition coefficient (Wildman–Crippen LogP) is 1.89. The van der Waals surface area contributed by atoms with Crippen LogP contribution in [0, 0.1) is 9.49 Å². The van der Waals surface area contributed by atoms with E-state index in [4.69, 9.17) is 5.73 Å². The van der Waals surface area contributed by atoms with Gasteiger partial charge < -0.3 is 11.1 Å². The third-order valence-electron chi connectivity index (χ3n) is 2.43. The first-order chi connectivity index (χ1) is 7.52. The van der Waals surface area contributed by atoms with Gasteiger partial charge in [0.2, 0.25) is 5.91 Å². The molecule has 3 nitrogen and oxygen atoms in total. The minimum atomic E-state index is -0.429. The van der Waals surface area contributed by atoms with Crippen LogP contribution in [0.1, 0.15) is 19.4 Å². The van der Waals surface area contributed by atoms with Crippen LogP contribution in [-0.4, -0.2) is 11.9 Å². The maximum Gasteiger partial charge on any atom is 0.237 e. The lowest BCUT2D eigenvalue weighted by Crippen LogP contribution is -2.43. The highest BCUT2D eigenvalue weighted by Crippen LogP contribution is 2.11. The van der Waals surface area contributed by atoms with E-state index in [0.717, 1.165) is 9.13 Å². The SMILES string of the molecule is CC(C)[C@H](N)C(=O)NCc1ccccc1I. The van der Waals surface area contributed by atoms with Crippen LogP contribution in [0.4, 0.5) is 0 Å². The standard InChI is InChI=1S/C12H17IN2O/c1-8(2)11(14)12(16)15-7-9-5-3-4-6-10(9)13/h3-6,8,11H,7,14H2,1-2H3,(H,15,16)/t11-/m0/s1. The smallest absolute Gasteiger partial charge is 0.237 e. The number of amides is 1. The van der Waals surface area contributed by atoms with Crippen molar-refractivity contribution in [2.45, 2.75) is 26.4 Å². The second-order valence-corrected chi connectivity index (χ2v) is 5.24. The zero-order valence-corrected chi connectivity index (χ0v) is 11.7. The Bertz CT molecular complexity index is 366. The molecule has 1 amide bonds. The fraction of sp³-hybridized carbons (Fsp3) is 0.417. The Morgan fingerprint density at radius 2 is 2.06 bits per heavy atom. The Morgan fingerprint density at radius 1 is 1.44 bits per heavy atom. The number of carbonyl (C=O) groups excluding carboxylic acids is 1. The Labute approximate surface area is 110 Å². The van der Waals surface area contributed by atoms with E-state index in [-0.39, 0.29) is 11.8 Å². The summed E-state index contributed by atoms with van der Waals surface area (Å²) in [6.07, 6.45) is 0. The summed E-state index contributed by atoms with van der Waals surface area (Å²) in [5.74, 6) is 0.0736. The predicted molar refractivity (Wildman–Crippen MR) is 73.8 cm³/mol. The van der Waals surface area contributed by atoms with Crippen molar-refractivity contribution in [1.82, 2.24) is 5.32 Å². The zero-order valence-electron chi connectivity index (χ0n) is 9.53. The van der Waals surface area contributed by atoms with Gasteiger partial charge in [-0.15, -0.1) is 0 Å². The molecule has 1 rings (SSSR count). The summed E-state index contributed by atoms with van der Waals surface area (Å²) < 4.78 is 1.15. The van der Waals surface area contributed by atoms with Crippen LogP contribution in [-0.2, 0) is 11.3 Å². The van der Waals surface area contributed by atoms with Crippen LogP contribution in [0.2, 0.25) is 0 Å². The Morgan fingerprint density at radius 3 is 2.62 bits per heavy atom. The van der Waals surface area contributed by atoms with E-state index in [1.54, 1.807) is 0 Å². The average molecular weight is 332 g/mol. The summed E-state index contributed by atoms with van der Waals surface area (Å²) in [5, 5.41) is 2.85. The van der Waals surface area contributed by atoms with E-state index >= 15 is 0 Å². The van der Waals surface area contributed by atoms with Gasteiger partial charge in [-0.1, -0.05) is 32.0 Å². The molecule has 0 radical (unpaired) electrons. The number of rotatable bonds is 4. The molecule has 0 bridgehead atoms. The summed E-state index contributed by atoms with van der Waals surface area (Å²) in [6, 6.07) is 7.54. The van der Waals surface area contributed by atoms with Crippen LogP contribution in [0.25, 0.3) is 0 Å². The van der Waals surface area contributed by atoms with Gasteiger partial charge >= 0.3 is 0 Å². The number of benzene rings is 1. The fourth-order valence-corrected chi connectivity index (χ4v) is 1.82. The minimum absolute atomic E-state index is 0.0883. The summed E-state index contributed by atoms with van der Waals surface area (Å²) in [4.78, 5) is 11.6. The van der Waals surface area contributed by atoms with E-state index in [1.807, 2.05) is 38.1 Å². The summed E-state index contributed by atoms with van der Waals surface area (Å²) in [6.45, 7) is 4.42. The lowest BCUT2D eigenvalue weighted by molar-refractivity contribution is -0.123. The zero-order chi connectivity index (χ0) is 12.1. The van der Waals surface area contributed by atoms with Crippen LogP contribution in [0.3, 0.4) is 0 Å². The van der Waals surface area contributed by atoms with Crippen LogP contribution >= 0.6 is 22.6 Å². The van der Waals surface area contributed by atoms with Gasteiger partial charge in [-0.05, 0) is 40.1 Å². The van der Waals surface area contributed by atoms with E-state index in [2.05, 4.69) is 27.9 Å². The van der Waals surface area contributed by atoms with Crippen LogP contribution in [0.15, 0.2) is 24.3 Å².